The monoisotopic (exact) mass is 330 g/mol. The van der Waals surface area contributed by atoms with Crippen molar-refractivity contribution in [3.63, 3.8) is 0 Å². The van der Waals surface area contributed by atoms with Crippen LogP contribution in [0.4, 0.5) is 0 Å². The summed E-state index contributed by atoms with van der Waals surface area (Å²) in [5.74, 6) is 6.51. The Hall–Kier alpha value is -0.620. The summed E-state index contributed by atoms with van der Waals surface area (Å²) in [4.78, 5) is 0. The molecular formula is C14H23BrN2O2. The van der Waals surface area contributed by atoms with E-state index in [0.29, 0.717) is 0 Å². The molecule has 1 atom stereocenters. The maximum absolute atomic E-state index is 5.68. The number of nitrogens with two attached hydrogens (primary N) is 1. The van der Waals surface area contributed by atoms with Crippen LogP contribution in [0.2, 0.25) is 0 Å². The van der Waals surface area contributed by atoms with Crippen LogP contribution in [0.25, 0.3) is 0 Å². The van der Waals surface area contributed by atoms with Gasteiger partial charge in [0.25, 0.3) is 0 Å². The fraction of sp³-hybridized carbons (Fsp3) is 0.571. The number of benzene rings is 1. The van der Waals surface area contributed by atoms with Gasteiger partial charge in [-0.2, -0.15) is 0 Å². The van der Waals surface area contributed by atoms with Crippen LogP contribution in [0.5, 0.6) is 5.75 Å². The fourth-order valence-corrected chi connectivity index (χ4v) is 2.36. The third-order valence-corrected chi connectivity index (χ3v) is 4.09. The maximum atomic E-state index is 5.68. The Balaban J connectivity index is 2.85. The Morgan fingerprint density at radius 2 is 2.05 bits per heavy atom. The average Bonchev–Trinajstić information content (AvgIpc) is 2.41. The summed E-state index contributed by atoms with van der Waals surface area (Å²) in [6.07, 6.45) is 1.78. The summed E-state index contributed by atoms with van der Waals surface area (Å²) in [5.41, 5.74) is 3.81. The van der Waals surface area contributed by atoms with Crippen molar-refractivity contribution in [1.29, 1.82) is 0 Å². The predicted molar refractivity (Wildman–Crippen MR) is 81.1 cm³/mol. The molecule has 0 spiro atoms. The second-order valence-corrected chi connectivity index (χ2v) is 5.96. The molecule has 0 fully saturated rings. The van der Waals surface area contributed by atoms with E-state index in [4.69, 9.17) is 15.3 Å². The Morgan fingerprint density at radius 3 is 2.58 bits per heavy atom. The Kier molecular flexibility index (Phi) is 6.26. The minimum atomic E-state index is -0.152. The standard InChI is InChI=1S/C14H23BrN2O2/c1-14(2,19-4)8-7-13(17-16)11-9-10(18-3)5-6-12(11)15/h5-6,9,13,17H,7-8,16H2,1-4H3. The highest BCUT2D eigenvalue weighted by molar-refractivity contribution is 9.10. The number of hydrogen-bond donors (Lipinski definition) is 2. The third-order valence-electron chi connectivity index (χ3n) is 3.37. The summed E-state index contributed by atoms with van der Waals surface area (Å²) in [7, 11) is 3.39. The van der Waals surface area contributed by atoms with Gasteiger partial charge in [0.05, 0.1) is 12.7 Å². The van der Waals surface area contributed by atoms with E-state index in [1.54, 1.807) is 14.2 Å². The summed E-state index contributed by atoms with van der Waals surface area (Å²) in [5, 5.41) is 0. The second-order valence-electron chi connectivity index (χ2n) is 5.11. The maximum Gasteiger partial charge on any atom is 0.119 e. The molecule has 1 aromatic carbocycles. The van der Waals surface area contributed by atoms with Gasteiger partial charge >= 0.3 is 0 Å². The van der Waals surface area contributed by atoms with Crippen LogP contribution >= 0.6 is 15.9 Å². The van der Waals surface area contributed by atoms with Gasteiger partial charge in [-0.3, -0.25) is 11.3 Å². The van der Waals surface area contributed by atoms with Gasteiger partial charge in [0.1, 0.15) is 5.75 Å². The van der Waals surface area contributed by atoms with Crippen molar-refractivity contribution in [1.82, 2.24) is 5.43 Å². The van der Waals surface area contributed by atoms with Crippen LogP contribution in [0, 0.1) is 0 Å². The van der Waals surface area contributed by atoms with Crippen LogP contribution in [0.1, 0.15) is 38.3 Å². The van der Waals surface area contributed by atoms with Gasteiger partial charge in [-0.05, 0) is 50.5 Å². The van der Waals surface area contributed by atoms with Crippen LogP contribution in [-0.4, -0.2) is 19.8 Å². The summed E-state index contributed by atoms with van der Waals surface area (Å²) in [6, 6.07) is 5.94. The van der Waals surface area contributed by atoms with E-state index < -0.39 is 0 Å². The molecule has 0 heterocycles. The lowest BCUT2D eigenvalue weighted by Crippen LogP contribution is -2.31. The quantitative estimate of drug-likeness (QED) is 0.595. The van der Waals surface area contributed by atoms with E-state index in [-0.39, 0.29) is 11.6 Å². The van der Waals surface area contributed by atoms with E-state index in [0.717, 1.165) is 28.6 Å². The molecule has 0 saturated heterocycles. The molecule has 0 bridgehead atoms. The van der Waals surface area contributed by atoms with Crippen molar-refractivity contribution in [3.05, 3.63) is 28.2 Å². The SMILES string of the molecule is COc1ccc(Br)c(C(CCC(C)(C)OC)NN)c1. The first-order valence-electron chi connectivity index (χ1n) is 6.28. The van der Waals surface area contributed by atoms with Crippen LogP contribution in [-0.2, 0) is 4.74 Å². The molecule has 3 N–H and O–H groups in total. The Labute approximate surface area is 123 Å². The number of hydrogen-bond acceptors (Lipinski definition) is 4. The van der Waals surface area contributed by atoms with Crippen LogP contribution in [0.15, 0.2) is 22.7 Å². The van der Waals surface area contributed by atoms with E-state index in [2.05, 4.69) is 35.2 Å². The number of rotatable bonds is 7. The highest BCUT2D eigenvalue weighted by Gasteiger charge is 2.21. The molecule has 0 radical (unpaired) electrons. The number of hydrazine groups is 1. The predicted octanol–water partition coefficient (Wildman–Crippen LogP) is 3.17. The largest absolute Gasteiger partial charge is 0.497 e. The lowest BCUT2D eigenvalue weighted by atomic mass is 9.95. The minimum absolute atomic E-state index is 0.0545. The molecule has 1 aromatic rings. The fourth-order valence-electron chi connectivity index (χ4n) is 1.84. The summed E-state index contributed by atoms with van der Waals surface area (Å²) in [6.45, 7) is 4.14. The van der Waals surface area contributed by atoms with Crippen molar-refractivity contribution < 1.29 is 9.47 Å². The van der Waals surface area contributed by atoms with E-state index >= 15 is 0 Å². The molecule has 0 amide bonds. The summed E-state index contributed by atoms with van der Waals surface area (Å²) < 4.78 is 11.7. The first kappa shape index (κ1) is 16.4. The highest BCUT2D eigenvalue weighted by Crippen LogP contribution is 2.31. The molecule has 0 aliphatic carbocycles. The number of methoxy groups -OCH3 is 2. The number of nitrogens with one attached hydrogen (secondary N) is 1. The molecule has 0 aliphatic heterocycles. The molecule has 19 heavy (non-hydrogen) atoms. The summed E-state index contributed by atoms with van der Waals surface area (Å²) >= 11 is 3.56. The molecule has 0 saturated carbocycles. The van der Waals surface area contributed by atoms with Gasteiger partial charge < -0.3 is 9.47 Å². The third kappa shape index (κ3) is 4.76. The minimum Gasteiger partial charge on any atom is -0.497 e. The van der Waals surface area contributed by atoms with Crippen LogP contribution < -0.4 is 16.0 Å². The second kappa shape index (κ2) is 7.24. The molecule has 0 aromatic heterocycles. The van der Waals surface area contributed by atoms with Crippen molar-refractivity contribution in [3.8, 4) is 5.75 Å². The van der Waals surface area contributed by atoms with Gasteiger partial charge in [-0.1, -0.05) is 15.9 Å². The molecular weight excluding hydrogens is 308 g/mol. The Bertz CT molecular complexity index is 410. The van der Waals surface area contributed by atoms with Crippen molar-refractivity contribution in [2.75, 3.05) is 14.2 Å². The van der Waals surface area contributed by atoms with E-state index in [1.807, 2.05) is 18.2 Å². The van der Waals surface area contributed by atoms with Gasteiger partial charge in [0.15, 0.2) is 0 Å². The zero-order valence-corrected chi connectivity index (χ0v) is 13.6. The lowest BCUT2D eigenvalue weighted by molar-refractivity contribution is 0.0116. The molecule has 1 unspecified atom stereocenters. The van der Waals surface area contributed by atoms with Crippen molar-refractivity contribution in [2.24, 2.45) is 5.84 Å². The Morgan fingerprint density at radius 1 is 1.37 bits per heavy atom. The topological polar surface area (TPSA) is 56.5 Å². The van der Waals surface area contributed by atoms with E-state index in [9.17, 15) is 0 Å². The molecule has 108 valence electrons. The molecule has 4 nitrogen and oxygen atoms in total. The lowest BCUT2D eigenvalue weighted by Gasteiger charge is -2.26. The van der Waals surface area contributed by atoms with Gasteiger partial charge in [-0.15, -0.1) is 0 Å². The smallest absolute Gasteiger partial charge is 0.119 e. The molecule has 0 aliphatic rings. The zero-order chi connectivity index (χ0) is 14.5. The average molecular weight is 331 g/mol. The zero-order valence-electron chi connectivity index (χ0n) is 12.0. The first-order valence-corrected chi connectivity index (χ1v) is 7.07. The molecule has 5 heteroatoms. The number of halogens is 1. The normalized spacial score (nSPS) is 13.4. The van der Waals surface area contributed by atoms with Gasteiger partial charge in [0, 0.05) is 17.6 Å². The van der Waals surface area contributed by atoms with Gasteiger partial charge in [-0.25, -0.2) is 0 Å². The van der Waals surface area contributed by atoms with Crippen LogP contribution in [0.3, 0.4) is 0 Å². The first-order chi connectivity index (χ1) is 8.93. The number of ether oxygens (including phenoxy) is 2. The van der Waals surface area contributed by atoms with E-state index in [1.165, 1.54) is 0 Å². The highest BCUT2D eigenvalue weighted by atomic mass is 79.9. The van der Waals surface area contributed by atoms with Crippen molar-refractivity contribution >= 4 is 15.9 Å². The molecule has 1 rings (SSSR count). The van der Waals surface area contributed by atoms with Crippen molar-refractivity contribution in [2.45, 2.75) is 38.3 Å². The van der Waals surface area contributed by atoms with Gasteiger partial charge in [0.2, 0.25) is 0 Å².